The maximum Gasteiger partial charge on any atom is 0.161 e. The van der Waals surface area contributed by atoms with E-state index in [-0.39, 0.29) is 0 Å². The van der Waals surface area contributed by atoms with Crippen LogP contribution in [0.5, 0.6) is 0 Å². The third kappa shape index (κ3) is 4.24. The topological polar surface area (TPSA) is 73.1 Å². The average Bonchev–Trinajstić information content (AvgIpc) is 2.47. The molecule has 0 spiro atoms. The molecular weight excluding hydrogens is 264 g/mol. The minimum atomic E-state index is 0.530. The Morgan fingerprint density at radius 2 is 1.90 bits per heavy atom. The van der Waals surface area contributed by atoms with Crippen LogP contribution in [0.25, 0.3) is 11.4 Å². The predicted octanol–water partition coefficient (Wildman–Crippen LogP) is 2.77. The summed E-state index contributed by atoms with van der Waals surface area (Å²) < 4.78 is 5.12. The molecule has 1 aromatic heterocycles. The Hall–Kier alpha value is -1.98. The zero-order chi connectivity index (χ0) is 15.2. The Morgan fingerprint density at radius 3 is 2.48 bits per heavy atom. The number of rotatable bonds is 6. The largest absolute Gasteiger partial charge is 0.380 e. The second kappa shape index (κ2) is 7.15. The first-order valence-corrected chi connectivity index (χ1v) is 7.05. The standard InChI is InChI=1S/C16H22N4O/c1-11(2)8-14-9-15(20-17)19-16(18-14)13-6-4-12(5-7-13)10-21-3/h4-7,9,11H,8,10,17H2,1-3H3,(H,18,19,20). The molecule has 0 radical (unpaired) electrons. The summed E-state index contributed by atoms with van der Waals surface area (Å²) in [6, 6.07) is 9.94. The number of anilines is 1. The van der Waals surface area contributed by atoms with Crippen LogP contribution < -0.4 is 11.3 Å². The van der Waals surface area contributed by atoms with E-state index in [9.17, 15) is 0 Å². The number of ether oxygens (including phenoxy) is 1. The predicted molar refractivity (Wildman–Crippen MR) is 84.5 cm³/mol. The number of aromatic nitrogens is 2. The minimum absolute atomic E-state index is 0.530. The summed E-state index contributed by atoms with van der Waals surface area (Å²) in [6.07, 6.45) is 0.895. The van der Waals surface area contributed by atoms with Crippen LogP contribution in [0.15, 0.2) is 30.3 Å². The minimum Gasteiger partial charge on any atom is -0.380 e. The van der Waals surface area contributed by atoms with Crippen molar-refractivity contribution in [3.63, 3.8) is 0 Å². The zero-order valence-electron chi connectivity index (χ0n) is 12.8. The molecule has 0 amide bonds. The Kier molecular flexibility index (Phi) is 5.25. The highest BCUT2D eigenvalue weighted by molar-refractivity contribution is 5.58. The van der Waals surface area contributed by atoms with E-state index in [0.29, 0.717) is 24.2 Å². The molecule has 1 aromatic carbocycles. The van der Waals surface area contributed by atoms with Gasteiger partial charge in [0.05, 0.1) is 6.61 Å². The molecule has 112 valence electrons. The van der Waals surface area contributed by atoms with E-state index in [4.69, 9.17) is 10.6 Å². The molecule has 0 saturated heterocycles. The smallest absolute Gasteiger partial charge is 0.161 e. The number of nitrogens with one attached hydrogen (secondary N) is 1. The van der Waals surface area contributed by atoms with Gasteiger partial charge in [-0.2, -0.15) is 0 Å². The molecule has 21 heavy (non-hydrogen) atoms. The molecule has 1 heterocycles. The highest BCUT2D eigenvalue weighted by atomic mass is 16.5. The van der Waals surface area contributed by atoms with Gasteiger partial charge >= 0.3 is 0 Å². The van der Waals surface area contributed by atoms with E-state index in [1.807, 2.05) is 30.3 Å². The Bertz CT molecular complexity index is 581. The number of nitrogen functional groups attached to an aromatic ring is 1. The van der Waals surface area contributed by atoms with E-state index in [0.717, 1.165) is 23.2 Å². The van der Waals surface area contributed by atoms with Gasteiger partial charge in [0.1, 0.15) is 5.82 Å². The summed E-state index contributed by atoms with van der Waals surface area (Å²) in [5.41, 5.74) is 5.69. The lowest BCUT2D eigenvalue weighted by atomic mass is 10.1. The molecule has 3 N–H and O–H groups in total. The summed E-state index contributed by atoms with van der Waals surface area (Å²) in [5.74, 6) is 7.35. The molecule has 0 aliphatic carbocycles. The van der Waals surface area contributed by atoms with Gasteiger partial charge in [-0.25, -0.2) is 15.8 Å². The van der Waals surface area contributed by atoms with Crippen molar-refractivity contribution in [3.05, 3.63) is 41.6 Å². The van der Waals surface area contributed by atoms with Crippen molar-refractivity contribution < 1.29 is 4.74 Å². The van der Waals surface area contributed by atoms with Gasteiger partial charge in [0, 0.05) is 24.4 Å². The van der Waals surface area contributed by atoms with Crippen LogP contribution in [0.1, 0.15) is 25.1 Å². The lowest BCUT2D eigenvalue weighted by Gasteiger charge is -2.10. The van der Waals surface area contributed by atoms with Crippen LogP contribution in [0.2, 0.25) is 0 Å². The maximum atomic E-state index is 5.50. The van der Waals surface area contributed by atoms with Gasteiger partial charge < -0.3 is 10.2 Å². The normalized spacial score (nSPS) is 10.9. The van der Waals surface area contributed by atoms with Gasteiger partial charge in [0.2, 0.25) is 0 Å². The Labute approximate surface area is 125 Å². The maximum absolute atomic E-state index is 5.50. The average molecular weight is 286 g/mol. The fourth-order valence-corrected chi connectivity index (χ4v) is 2.14. The molecule has 0 bridgehead atoms. The van der Waals surface area contributed by atoms with Gasteiger partial charge in [-0.1, -0.05) is 38.1 Å². The highest BCUT2D eigenvalue weighted by Gasteiger charge is 2.08. The number of nitrogens with zero attached hydrogens (tertiary/aromatic N) is 2. The fraction of sp³-hybridized carbons (Fsp3) is 0.375. The van der Waals surface area contributed by atoms with Crippen LogP contribution in [0.3, 0.4) is 0 Å². The second-order valence-corrected chi connectivity index (χ2v) is 5.44. The molecular formula is C16H22N4O. The molecule has 2 rings (SSSR count). The van der Waals surface area contributed by atoms with Gasteiger partial charge in [-0.3, -0.25) is 0 Å². The first-order chi connectivity index (χ1) is 10.1. The summed E-state index contributed by atoms with van der Waals surface area (Å²) >= 11 is 0. The van der Waals surface area contributed by atoms with E-state index in [2.05, 4.69) is 29.2 Å². The molecule has 0 aliphatic rings. The molecule has 0 fully saturated rings. The molecule has 5 nitrogen and oxygen atoms in total. The van der Waals surface area contributed by atoms with Crippen molar-refractivity contribution >= 4 is 5.82 Å². The number of methoxy groups -OCH3 is 1. The van der Waals surface area contributed by atoms with Crippen molar-refractivity contribution in [1.29, 1.82) is 0 Å². The zero-order valence-corrected chi connectivity index (χ0v) is 12.8. The van der Waals surface area contributed by atoms with Crippen LogP contribution in [0, 0.1) is 5.92 Å². The summed E-state index contributed by atoms with van der Waals surface area (Å²) in [5, 5.41) is 0. The Balaban J connectivity index is 2.32. The van der Waals surface area contributed by atoms with Gasteiger partial charge in [0.25, 0.3) is 0 Å². The Morgan fingerprint density at radius 1 is 1.19 bits per heavy atom. The third-order valence-electron chi connectivity index (χ3n) is 3.07. The molecule has 0 atom stereocenters. The molecule has 5 heteroatoms. The van der Waals surface area contributed by atoms with E-state index < -0.39 is 0 Å². The van der Waals surface area contributed by atoms with E-state index >= 15 is 0 Å². The molecule has 0 saturated carbocycles. The molecule has 2 aromatic rings. The monoisotopic (exact) mass is 286 g/mol. The summed E-state index contributed by atoms with van der Waals surface area (Å²) in [7, 11) is 1.69. The van der Waals surface area contributed by atoms with Gasteiger partial charge in [-0.15, -0.1) is 0 Å². The highest BCUT2D eigenvalue weighted by Crippen LogP contribution is 2.20. The van der Waals surface area contributed by atoms with Gasteiger partial charge in [0.15, 0.2) is 5.82 Å². The van der Waals surface area contributed by atoms with Crippen LogP contribution in [-0.2, 0) is 17.8 Å². The van der Waals surface area contributed by atoms with Crippen molar-refractivity contribution in [2.75, 3.05) is 12.5 Å². The van der Waals surface area contributed by atoms with Crippen LogP contribution >= 0.6 is 0 Å². The quantitative estimate of drug-likeness (QED) is 0.631. The van der Waals surface area contributed by atoms with Gasteiger partial charge in [-0.05, 0) is 17.9 Å². The second-order valence-electron chi connectivity index (χ2n) is 5.44. The van der Waals surface area contributed by atoms with E-state index in [1.54, 1.807) is 7.11 Å². The number of benzene rings is 1. The van der Waals surface area contributed by atoms with Crippen molar-refractivity contribution in [2.45, 2.75) is 26.9 Å². The van der Waals surface area contributed by atoms with Crippen molar-refractivity contribution in [3.8, 4) is 11.4 Å². The summed E-state index contributed by atoms with van der Waals surface area (Å²) in [4.78, 5) is 9.06. The van der Waals surface area contributed by atoms with Crippen molar-refractivity contribution in [1.82, 2.24) is 9.97 Å². The lowest BCUT2D eigenvalue weighted by Crippen LogP contribution is -2.11. The first kappa shape index (κ1) is 15.4. The molecule has 0 unspecified atom stereocenters. The molecule has 0 aliphatic heterocycles. The fourth-order valence-electron chi connectivity index (χ4n) is 2.14. The van der Waals surface area contributed by atoms with Crippen molar-refractivity contribution in [2.24, 2.45) is 11.8 Å². The number of hydrogen-bond donors (Lipinski definition) is 2. The number of hydrazine groups is 1. The number of nitrogens with two attached hydrogens (primary N) is 1. The van der Waals surface area contributed by atoms with E-state index in [1.165, 1.54) is 0 Å². The van der Waals surface area contributed by atoms with Crippen LogP contribution in [0.4, 0.5) is 5.82 Å². The third-order valence-corrected chi connectivity index (χ3v) is 3.07. The summed E-state index contributed by atoms with van der Waals surface area (Å²) in [6.45, 7) is 4.93. The first-order valence-electron chi connectivity index (χ1n) is 7.05. The number of hydrogen-bond acceptors (Lipinski definition) is 5. The SMILES string of the molecule is COCc1ccc(-c2nc(CC(C)C)cc(NN)n2)cc1. The lowest BCUT2D eigenvalue weighted by molar-refractivity contribution is 0.185. The van der Waals surface area contributed by atoms with Crippen LogP contribution in [-0.4, -0.2) is 17.1 Å².